The fraction of sp³-hybridized carbons (Fsp3) is 0.400. The van der Waals surface area contributed by atoms with Gasteiger partial charge in [0.15, 0.2) is 0 Å². The molecule has 3 aromatic heterocycles. The molecule has 10 heteroatoms. The van der Waals surface area contributed by atoms with Gasteiger partial charge in [0.25, 0.3) is 0 Å². The highest BCUT2D eigenvalue weighted by Gasteiger charge is 2.25. The second kappa shape index (κ2) is 10.3. The van der Waals surface area contributed by atoms with Crippen LogP contribution in [0.1, 0.15) is 17.7 Å². The maximum Gasteiger partial charge on any atom is 0.227 e. The summed E-state index contributed by atoms with van der Waals surface area (Å²) in [4.78, 5) is 24.5. The molecule has 2 aliphatic rings. The Morgan fingerprint density at radius 2 is 1.94 bits per heavy atom. The van der Waals surface area contributed by atoms with Crippen molar-refractivity contribution in [2.75, 3.05) is 56.5 Å². The standard InChI is InChI=1S/C25H28FN9/c1-33-8-10-34(11-9-33)17-22-3-2-21(15-29-22)31-25-28-6-4-23(32-25)19-12-18(13-27)24(30-14-19)35-7-5-20(26)16-35/h2-4,6,12,14-15,20H,5,7-11,16-17H2,1H3,(H,28,31,32)/t20-/m1/s1. The van der Waals surface area contributed by atoms with Crippen LogP contribution in [0.2, 0.25) is 0 Å². The monoisotopic (exact) mass is 473 g/mol. The van der Waals surface area contributed by atoms with Gasteiger partial charge >= 0.3 is 0 Å². The molecule has 2 aliphatic heterocycles. The summed E-state index contributed by atoms with van der Waals surface area (Å²) < 4.78 is 13.6. The Morgan fingerprint density at radius 1 is 1.09 bits per heavy atom. The quantitative estimate of drug-likeness (QED) is 0.580. The van der Waals surface area contributed by atoms with Crippen molar-refractivity contribution in [2.45, 2.75) is 19.1 Å². The van der Waals surface area contributed by atoms with Crippen LogP contribution in [0, 0.1) is 11.3 Å². The zero-order valence-corrected chi connectivity index (χ0v) is 19.7. The van der Waals surface area contributed by atoms with E-state index < -0.39 is 6.17 Å². The minimum absolute atomic E-state index is 0.269. The molecule has 0 unspecified atom stereocenters. The number of nitrogens with one attached hydrogen (secondary N) is 1. The average molecular weight is 474 g/mol. The number of piperazine rings is 1. The molecule has 0 bridgehead atoms. The van der Waals surface area contributed by atoms with Crippen LogP contribution in [0.25, 0.3) is 11.3 Å². The van der Waals surface area contributed by atoms with E-state index in [2.05, 4.69) is 48.2 Å². The molecule has 5 rings (SSSR count). The van der Waals surface area contributed by atoms with E-state index in [1.165, 1.54) is 0 Å². The van der Waals surface area contributed by atoms with Crippen molar-refractivity contribution in [3.8, 4) is 17.3 Å². The fourth-order valence-electron chi connectivity index (χ4n) is 4.38. The molecule has 180 valence electrons. The number of hydrogen-bond donors (Lipinski definition) is 1. The Morgan fingerprint density at radius 3 is 2.66 bits per heavy atom. The Kier molecular flexibility index (Phi) is 6.79. The Labute approximate surface area is 204 Å². The van der Waals surface area contributed by atoms with Crippen molar-refractivity contribution < 1.29 is 4.39 Å². The molecule has 0 amide bonds. The highest BCUT2D eigenvalue weighted by molar-refractivity contribution is 5.67. The number of nitriles is 1. The van der Waals surface area contributed by atoms with Gasteiger partial charge in [-0.2, -0.15) is 5.26 Å². The summed E-state index contributed by atoms with van der Waals surface area (Å²) in [6.07, 6.45) is 4.70. The van der Waals surface area contributed by atoms with E-state index in [1.54, 1.807) is 30.7 Å². The lowest BCUT2D eigenvalue weighted by Crippen LogP contribution is -2.43. The van der Waals surface area contributed by atoms with Crippen molar-refractivity contribution in [2.24, 2.45) is 0 Å². The van der Waals surface area contributed by atoms with Gasteiger partial charge in [0.05, 0.1) is 35.4 Å². The summed E-state index contributed by atoms with van der Waals surface area (Å²) in [7, 11) is 2.15. The van der Waals surface area contributed by atoms with Crippen LogP contribution in [-0.2, 0) is 6.54 Å². The van der Waals surface area contributed by atoms with Gasteiger partial charge in [-0.05, 0) is 37.7 Å². The molecule has 9 nitrogen and oxygen atoms in total. The minimum atomic E-state index is -0.881. The van der Waals surface area contributed by atoms with Crippen molar-refractivity contribution in [1.29, 1.82) is 5.26 Å². The second-order valence-electron chi connectivity index (χ2n) is 9.05. The average Bonchev–Trinajstić information content (AvgIpc) is 3.32. The lowest BCUT2D eigenvalue weighted by atomic mass is 10.1. The fourth-order valence-corrected chi connectivity index (χ4v) is 4.38. The third-order valence-electron chi connectivity index (χ3n) is 6.43. The van der Waals surface area contributed by atoms with Crippen LogP contribution in [0.4, 0.5) is 21.8 Å². The zero-order chi connectivity index (χ0) is 24.2. The summed E-state index contributed by atoms with van der Waals surface area (Å²) in [5.41, 5.74) is 3.58. The molecular weight excluding hydrogens is 445 g/mol. The maximum absolute atomic E-state index is 13.6. The molecular formula is C25H28FN9. The largest absolute Gasteiger partial charge is 0.352 e. The van der Waals surface area contributed by atoms with Crippen LogP contribution in [0.3, 0.4) is 0 Å². The van der Waals surface area contributed by atoms with E-state index in [0.717, 1.165) is 44.1 Å². The highest BCUT2D eigenvalue weighted by atomic mass is 19.1. The number of alkyl halides is 1. The summed E-state index contributed by atoms with van der Waals surface area (Å²) in [5.74, 6) is 0.949. The van der Waals surface area contributed by atoms with Gasteiger partial charge in [-0.25, -0.2) is 19.3 Å². The van der Waals surface area contributed by atoms with Crippen molar-refractivity contribution in [3.05, 3.63) is 54.1 Å². The van der Waals surface area contributed by atoms with Crippen molar-refractivity contribution in [1.82, 2.24) is 29.7 Å². The van der Waals surface area contributed by atoms with Crippen molar-refractivity contribution in [3.63, 3.8) is 0 Å². The second-order valence-corrected chi connectivity index (χ2v) is 9.05. The Hall–Kier alpha value is -3.68. The molecule has 0 saturated carbocycles. The van der Waals surface area contributed by atoms with Gasteiger partial charge in [-0.1, -0.05) is 0 Å². The first-order valence-electron chi connectivity index (χ1n) is 11.8. The predicted octanol–water partition coefficient (Wildman–Crippen LogP) is 2.84. The molecule has 2 saturated heterocycles. The lowest BCUT2D eigenvalue weighted by molar-refractivity contribution is 0.147. The smallest absolute Gasteiger partial charge is 0.227 e. The molecule has 0 spiro atoms. The molecule has 5 heterocycles. The van der Waals surface area contributed by atoms with Crippen LogP contribution >= 0.6 is 0 Å². The van der Waals surface area contributed by atoms with E-state index in [0.29, 0.717) is 41.6 Å². The first-order chi connectivity index (χ1) is 17.1. The molecule has 1 N–H and O–H groups in total. The van der Waals surface area contributed by atoms with E-state index in [9.17, 15) is 9.65 Å². The summed E-state index contributed by atoms with van der Waals surface area (Å²) in [6.45, 7) is 5.94. The Bertz CT molecular complexity index is 1200. The summed E-state index contributed by atoms with van der Waals surface area (Å²) >= 11 is 0. The molecule has 2 fully saturated rings. The highest BCUT2D eigenvalue weighted by Crippen LogP contribution is 2.27. The third-order valence-corrected chi connectivity index (χ3v) is 6.43. The maximum atomic E-state index is 13.6. The van der Waals surface area contributed by atoms with Gasteiger partial charge in [-0.3, -0.25) is 9.88 Å². The third kappa shape index (κ3) is 5.53. The zero-order valence-electron chi connectivity index (χ0n) is 19.7. The van der Waals surface area contributed by atoms with E-state index in [1.807, 2.05) is 17.0 Å². The van der Waals surface area contributed by atoms with Gasteiger partial charge in [0, 0.05) is 57.2 Å². The van der Waals surface area contributed by atoms with Gasteiger partial charge in [-0.15, -0.1) is 0 Å². The van der Waals surface area contributed by atoms with Gasteiger partial charge in [0.1, 0.15) is 18.1 Å². The summed E-state index contributed by atoms with van der Waals surface area (Å²) in [5, 5.41) is 12.8. The van der Waals surface area contributed by atoms with E-state index in [-0.39, 0.29) is 6.54 Å². The molecule has 0 radical (unpaired) electrons. The van der Waals surface area contributed by atoms with Gasteiger partial charge < -0.3 is 15.1 Å². The molecule has 35 heavy (non-hydrogen) atoms. The van der Waals surface area contributed by atoms with Crippen LogP contribution < -0.4 is 10.2 Å². The lowest BCUT2D eigenvalue weighted by Gasteiger charge is -2.32. The predicted molar refractivity (Wildman–Crippen MR) is 132 cm³/mol. The topological polar surface area (TPSA) is 97.1 Å². The van der Waals surface area contributed by atoms with Gasteiger partial charge in [0.2, 0.25) is 5.95 Å². The number of anilines is 3. The SMILES string of the molecule is CN1CCN(Cc2ccc(Nc3nccc(-c4cnc(N5CC[C@@H](F)C5)c(C#N)c4)n3)cn2)CC1. The van der Waals surface area contributed by atoms with Crippen LogP contribution in [0.15, 0.2) is 42.9 Å². The Balaban J connectivity index is 1.26. The summed E-state index contributed by atoms with van der Waals surface area (Å²) in [6, 6.07) is 9.70. The first-order valence-corrected chi connectivity index (χ1v) is 11.8. The number of nitrogens with zero attached hydrogens (tertiary/aromatic N) is 8. The van der Waals surface area contributed by atoms with Crippen LogP contribution in [-0.4, -0.2) is 82.2 Å². The number of rotatable bonds is 6. The van der Waals surface area contributed by atoms with E-state index in [4.69, 9.17) is 0 Å². The first kappa shape index (κ1) is 23.1. The number of likely N-dealkylation sites (N-methyl/N-ethyl adjacent to an activating group) is 1. The molecule has 0 aliphatic carbocycles. The minimum Gasteiger partial charge on any atom is -0.352 e. The van der Waals surface area contributed by atoms with Crippen LogP contribution in [0.5, 0.6) is 0 Å². The normalized spacial score (nSPS) is 19.0. The molecule has 3 aromatic rings. The van der Waals surface area contributed by atoms with Crippen molar-refractivity contribution >= 4 is 17.5 Å². The van der Waals surface area contributed by atoms with E-state index >= 15 is 0 Å². The molecule has 1 atom stereocenters. The number of aromatic nitrogens is 4. The number of hydrogen-bond acceptors (Lipinski definition) is 9. The number of pyridine rings is 2. The number of halogens is 1. The molecule has 0 aromatic carbocycles.